The largest absolute Gasteiger partial charge is 0.495 e. The monoisotopic (exact) mass is 161 g/mol. The van der Waals surface area contributed by atoms with Crippen molar-refractivity contribution in [3.05, 3.63) is 29.3 Å². The average molecular weight is 161 g/mol. The van der Waals surface area contributed by atoms with Gasteiger partial charge in [-0.25, -0.2) is 0 Å². The lowest BCUT2D eigenvalue weighted by Gasteiger charge is -2.05. The molecule has 0 heterocycles. The van der Waals surface area contributed by atoms with Crippen LogP contribution in [-0.4, -0.2) is 7.11 Å². The Labute approximate surface area is 72.4 Å². The molecule has 1 aromatic carbocycles. The summed E-state index contributed by atoms with van der Waals surface area (Å²) in [4.78, 5) is 0. The maximum atomic E-state index is 8.83. The molecule has 0 atom stereocenters. The maximum Gasteiger partial charge on any atom is 0.136 e. The molecule has 1 aromatic rings. The molecule has 0 spiro atoms. The van der Waals surface area contributed by atoms with Gasteiger partial charge in [0.1, 0.15) is 11.8 Å². The van der Waals surface area contributed by atoms with E-state index in [1.807, 2.05) is 19.1 Å². The van der Waals surface area contributed by atoms with Gasteiger partial charge in [0.05, 0.1) is 12.7 Å². The van der Waals surface area contributed by atoms with Crippen molar-refractivity contribution in [1.29, 1.82) is 5.26 Å². The first-order valence-electron chi connectivity index (χ1n) is 3.89. The highest BCUT2D eigenvalue weighted by atomic mass is 16.5. The smallest absolute Gasteiger partial charge is 0.136 e. The maximum absolute atomic E-state index is 8.83. The molecule has 0 aliphatic rings. The van der Waals surface area contributed by atoms with Crippen molar-refractivity contribution in [2.75, 3.05) is 7.11 Å². The van der Waals surface area contributed by atoms with E-state index in [4.69, 9.17) is 10.00 Å². The van der Waals surface area contributed by atoms with Crippen LogP contribution in [0.1, 0.15) is 18.1 Å². The first-order chi connectivity index (χ1) is 5.83. The highest BCUT2D eigenvalue weighted by molar-refractivity contribution is 5.48. The quantitative estimate of drug-likeness (QED) is 0.665. The number of nitrogens with zero attached hydrogens (tertiary/aromatic N) is 1. The van der Waals surface area contributed by atoms with Gasteiger partial charge in [0.15, 0.2) is 0 Å². The van der Waals surface area contributed by atoms with E-state index in [-0.39, 0.29) is 0 Å². The molecule has 2 nitrogen and oxygen atoms in total. The van der Waals surface area contributed by atoms with Gasteiger partial charge in [0.25, 0.3) is 0 Å². The summed E-state index contributed by atoms with van der Waals surface area (Å²) < 4.78 is 5.06. The van der Waals surface area contributed by atoms with Crippen LogP contribution in [0.5, 0.6) is 5.75 Å². The van der Waals surface area contributed by atoms with Crippen molar-refractivity contribution < 1.29 is 4.74 Å². The van der Waals surface area contributed by atoms with Gasteiger partial charge in [-0.1, -0.05) is 19.1 Å². The van der Waals surface area contributed by atoms with Gasteiger partial charge in [-0.15, -0.1) is 0 Å². The highest BCUT2D eigenvalue weighted by Crippen LogP contribution is 2.21. The molecule has 0 saturated heterocycles. The Balaban J connectivity index is 3.25. The average Bonchev–Trinajstić information content (AvgIpc) is 2.16. The van der Waals surface area contributed by atoms with Crippen molar-refractivity contribution in [3.63, 3.8) is 0 Å². The molecule has 2 heteroatoms. The second-order valence-electron chi connectivity index (χ2n) is 2.46. The number of hydrogen-bond donors (Lipinski definition) is 0. The first kappa shape index (κ1) is 8.61. The fourth-order valence-electron chi connectivity index (χ4n) is 1.17. The van der Waals surface area contributed by atoms with Crippen molar-refractivity contribution in [1.82, 2.24) is 0 Å². The number of ether oxygens (including phenoxy) is 1. The van der Waals surface area contributed by atoms with Crippen LogP contribution in [-0.2, 0) is 6.42 Å². The Bertz CT molecular complexity index is 290. The Hall–Kier alpha value is -1.49. The van der Waals surface area contributed by atoms with Gasteiger partial charge in [-0.3, -0.25) is 0 Å². The zero-order valence-electron chi connectivity index (χ0n) is 7.29. The van der Waals surface area contributed by atoms with E-state index in [1.54, 1.807) is 13.2 Å². The van der Waals surface area contributed by atoms with Crippen LogP contribution in [0.4, 0.5) is 0 Å². The van der Waals surface area contributed by atoms with Crippen molar-refractivity contribution in [2.24, 2.45) is 0 Å². The van der Waals surface area contributed by atoms with Crippen LogP contribution in [0, 0.1) is 11.3 Å². The standard InChI is InChI=1S/C10H11NO/c1-3-8-5-4-6-10(12-2)9(8)7-11/h4-6H,3H2,1-2H3. The van der Waals surface area contributed by atoms with Gasteiger partial charge >= 0.3 is 0 Å². The summed E-state index contributed by atoms with van der Waals surface area (Å²) >= 11 is 0. The molecule has 0 unspecified atom stereocenters. The molecule has 0 N–H and O–H groups in total. The molecule has 0 aliphatic carbocycles. The summed E-state index contributed by atoms with van der Waals surface area (Å²) in [6, 6.07) is 7.79. The lowest BCUT2D eigenvalue weighted by molar-refractivity contribution is 0.413. The van der Waals surface area contributed by atoms with Gasteiger partial charge in [-0.05, 0) is 18.1 Å². The molecule has 12 heavy (non-hydrogen) atoms. The number of rotatable bonds is 2. The van der Waals surface area contributed by atoms with E-state index in [0.29, 0.717) is 11.3 Å². The van der Waals surface area contributed by atoms with Gasteiger partial charge in [-0.2, -0.15) is 5.26 Å². The lowest BCUT2D eigenvalue weighted by atomic mass is 10.1. The SMILES string of the molecule is CCc1cccc(OC)c1C#N. The second kappa shape index (κ2) is 3.77. The van der Waals surface area contributed by atoms with E-state index in [1.165, 1.54) is 0 Å². The van der Waals surface area contributed by atoms with Crippen LogP contribution >= 0.6 is 0 Å². The number of methoxy groups -OCH3 is 1. The minimum absolute atomic E-state index is 0.655. The van der Waals surface area contributed by atoms with Crippen molar-refractivity contribution >= 4 is 0 Å². The van der Waals surface area contributed by atoms with E-state index in [2.05, 4.69) is 6.07 Å². The molecule has 62 valence electrons. The summed E-state index contributed by atoms with van der Waals surface area (Å²) in [5.74, 6) is 0.664. The van der Waals surface area contributed by atoms with Crippen LogP contribution in [0.3, 0.4) is 0 Å². The van der Waals surface area contributed by atoms with Gasteiger partial charge in [0.2, 0.25) is 0 Å². The first-order valence-corrected chi connectivity index (χ1v) is 3.89. The topological polar surface area (TPSA) is 33.0 Å². The summed E-state index contributed by atoms with van der Waals surface area (Å²) in [6.07, 6.45) is 0.861. The molecule has 0 saturated carbocycles. The lowest BCUT2D eigenvalue weighted by Crippen LogP contribution is -1.92. The molecular formula is C10H11NO. The van der Waals surface area contributed by atoms with Gasteiger partial charge in [0, 0.05) is 0 Å². The minimum atomic E-state index is 0.655. The molecule has 0 radical (unpaired) electrons. The summed E-state index contributed by atoms with van der Waals surface area (Å²) in [5, 5.41) is 8.83. The third kappa shape index (κ3) is 1.40. The highest BCUT2D eigenvalue weighted by Gasteiger charge is 2.05. The molecule has 1 rings (SSSR count). The van der Waals surface area contributed by atoms with Crippen LogP contribution in [0.25, 0.3) is 0 Å². The summed E-state index contributed by atoms with van der Waals surface area (Å²) in [6.45, 7) is 2.02. The van der Waals surface area contributed by atoms with E-state index in [0.717, 1.165) is 12.0 Å². The number of hydrogen-bond acceptors (Lipinski definition) is 2. The Morgan fingerprint density at radius 2 is 2.25 bits per heavy atom. The molecule has 0 bridgehead atoms. The van der Waals surface area contributed by atoms with E-state index in [9.17, 15) is 0 Å². The van der Waals surface area contributed by atoms with Crippen molar-refractivity contribution in [2.45, 2.75) is 13.3 Å². The van der Waals surface area contributed by atoms with Crippen LogP contribution < -0.4 is 4.74 Å². The van der Waals surface area contributed by atoms with Crippen LogP contribution in [0.15, 0.2) is 18.2 Å². The Kier molecular flexibility index (Phi) is 2.71. The van der Waals surface area contributed by atoms with Crippen LogP contribution in [0.2, 0.25) is 0 Å². The van der Waals surface area contributed by atoms with E-state index < -0.39 is 0 Å². The van der Waals surface area contributed by atoms with Gasteiger partial charge < -0.3 is 4.74 Å². The molecular weight excluding hydrogens is 150 g/mol. The molecule has 0 fully saturated rings. The molecule has 0 amide bonds. The van der Waals surface area contributed by atoms with E-state index >= 15 is 0 Å². The third-order valence-electron chi connectivity index (χ3n) is 1.83. The zero-order chi connectivity index (χ0) is 8.97. The number of nitriles is 1. The van der Waals surface area contributed by atoms with Crippen molar-refractivity contribution in [3.8, 4) is 11.8 Å². The fourth-order valence-corrected chi connectivity index (χ4v) is 1.17. The third-order valence-corrected chi connectivity index (χ3v) is 1.83. The molecule has 0 aliphatic heterocycles. The second-order valence-corrected chi connectivity index (χ2v) is 2.46. The zero-order valence-corrected chi connectivity index (χ0v) is 7.29. The normalized spacial score (nSPS) is 9.08. The minimum Gasteiger partial charge on any atom is -0.495 e. The Morgan fingerprint density at radius 3 is 2.75 bits per heavy atom. The predicted octanol–water partition coefficient (Wildman–Crippen LogP) is 2.13. The molecule has 0 aromatic heterocycles. The Morgan fingerprint density at radius 1 is 1.50 bits per heavy atom. The summed E-state index contributed by atoms with van der Waals surface area (Å²) in [7, 11) is 1.58. The number of benzene rings is 1. The predicted molar refractivity (Wildman–Crippen MR) is 47.1 cm³/mol. The fraction of sp³-hybridized carbons (Fsp3) is 0.300. The summed E-state index contributed by atoms with van der Waals surface area (Å²) in [5.41, 5.74) is 1.69. The number of aryl methyl sites for hydroxylation is 1.